The van der Waals surface area contributed by atoms with Crippen molar-refractivity contribution in [3.63, 3.8) is 0 Å². The van der Waals surface area contributed by atoms with Gasteiger partial charge in [-0.15, -0.1) is 0 Å². The van der Waals surface area contributed by atoms with Gasteiger partial charge in [-0.25, -0.2) is 15.0 Å². The van der Waals surface area contributed by atoms with Gasteiger partial charge >= 0.3 is 0 Å². The molecule has 0 radical (unpaired) electrons. The quantitative estimate of drug-likeness (QED) is 0.655. The third kappa shape index (κ3) is 3.27. The summed E-state index contributed by atoms with van der Waals surface area (Å²) < 4.78 is 5.58. The molecule has 0 saturated heterocycles. The van der Waals surface area contributed by atoms with Crippen molar-refractivity contribution in [2.75, 3.05) is 5.01 Å². The maximum absolute atomic E-state index is 13.3. The van der Waals surface area contributed by atoms with Crippen LogP contribution in [0.3, 0.4) is 0 Å². The van der Waals surface area contributed by atoms with E-state index in [4.69, 9.17) is 16.0 Å². The molecular weight excluding hydrogens is 400 g/mol. The number of furan rings is 1. The maximum atomic E-state index is 13.3. The van der Waals surface area contributed by atoms with Crippen molar-refractivity contribution < 1.29 is 9.21 Å². The van der Waals surface area contributed by atoms with Crippen LogP contribution >= 0.6 is 11.6 Å². The van der Waals surface area contributed by atoms with E-state index in [0.29, 0.717) is 23.8 Å². The van der Waals surface area contributed by atoms with Gasteiger partial charge in [-0.1, -0.05) is 23.7 Å². The van der Waals surface area contributed by atoms with Gasteiger partial charge in [0.25, 0.3) is 0 Å². The lowest BCUT2D eigenvalue weighted by Gasteiger charge is -2.27. The first-order valence-corrected chi connectivity index (χ1v) is 10.3. The molecule has 0 spiro atoms. The van der Waals surface area contributed by atoms with E-state index in [0.717, 1.165) is 34.0 Å². The number of aryl methyl sites for hydroxylation is 2. The molecule has 0 amide bonds. The minimum absolute atomic E-state index is 0.0128. The summed E-state index contributed by atoms with van der Waals surface area (Å²) >= 11 is 6.29. The van der Waals surface area contributed by atoms with Gasteiger partial charge in [-0.3, -0.25) is 10.2 Å². The molecule has 1 aliphatic carbocycles. The second kappa shape index (κ2) is 7.29. The molecule has 7 heteroatoms. The Kier molecular flexibility index (Phi) is 4.59. The van der Waals surface area contributed by atoms with Gasteiger partial charge in [0.2, 0.25) is 5.95 Å². The normalized spacial score (nSPS) is 21.0. The number of aromatic nitrogens is 2. The second-order valence-corrected chi connectivity index (χ2v) is 8.26. The fraction of sp³-hybridized carbons (Fsp3) is 0.261. The molecule has 0 fully saturated rings. The molecule has 6 nitrogen and oxygen atoms in total. The SMILES string of the molecule is Cc1cc(C)nc(N2NC3=C(C(=O)C[C@@H](c4ccco4)C3)[C@@H]2c2cccc(Cl)c2)n1. The summed E-state index contributed by atoms with van der Waals surface area (Å²) in [5, 5.41) is 2.51. The summed E-state index contributed by atoms with van der Waals surface area (Å²) in [6.07, 6.45) is 2.75. The highest BCUT2D eigenvalue weighted by atomic mass is 35.5. The monoisotopic (exact) mass is 420 g/mol. The predicted octanol–water partition coefficient (Wildman–Crippen LogP) is 4.81. The molecule has 2 aromatic heterocycles. The maximum Gasteiger partial charge on any atom is 0.245 e. The summed E-state index contributed by atoms with van der Waals surface area (Å²) in [6, 6.07) is 13.0. The van der Waals surface area contributed by atoms with Crippen LogP contribution in [0.4, 0.5) is 5.95 Å². The standard InChI is InChI=1S/C23H21ClN4O2/c1-13-9-14(2)26-23(25-13)28-22(15-5-3-6-17(24)10-15)21-18(27-28)11-16(12-19(21)29)20-7-4-8-30-20/h3-10,16,22,27H,11-12H2,1-2H3/t16-,22-/m0/s1. The number of carbonyl (C=O) groups is 1. The number of Topliss-reactive ketones (excluding diaryl/α,β-unsaturated/α-hetero) is 1. The molecule has 2 aliphatic rings. The Morgan fingerprint density at radius 1 is 1.10 bits per heavy atom. The van der Waals surface area contributed by atoms with E-state index in [2.05, 4.69) is 15.4 Å². The minimum Gasteiger partial charge on any atom is -0.469 e. The number of anilines is 1. The summed E-state index contributed by atoms with van der Waals surface area (Å²) in [7, 11) is 0. The predicted molar refractivity (Wildman–Crippen MR) is 114 cm³/mol. The number of allylic oxidation sites excluding steroid dienone is 1. The molecule has 5 rings (SSSR count). The lowest BCUT2D eigenvalue weighted by molar-refractivity contribution is -0.116. The van der Waals surface area contributed by atoms with Crippen molar-refractivity contribution in [1.82, 2.24) is 15.4 Å². The largest absolute Gasteiger partial charge is 0.469 e. The number of hydrogen-bond acceptors (Lipinski definition) is 6. The highest BCUT2D eigenvalue weighted by molar-refractivity contribution is 6.30. The fourth-order valence-electron chi connectivity index (χ4n) is 4.39. The number of ketones is 1. The lowest BCUT2D eigenvalue weighted by atomic mass is 9.81. The van der Waals surface area contributed by atoms with Gasteiger partial charge in [0.05, 0.1) is 6.26 Å². The van der Waals surface area contributed by atoms with Crippen molar-refractivity contribution in [2.24, 2.45) is 0 Å². The molecule has 1 N–H and O–H groups in total. The molecule has 2 atom stereocenters. The summed E-state index contributed by atoms with van der Waals surface area (Å²) in [5.74, 6) is 1.48. The number of hydrogen-bond donors (Lipinski definition) is 1. The average Bonchev–Trinajstić information content (AvgIpc) is 3.35. The van der Waals surface area contributed by atoms with Crippen LogP contribution in [0.15, 0.2) is 64.4 Å². The molecule has 30 heavy (non-hydrogen) atoms. The number of hydrazine groups is 1. The van der Waals surface area contributed by atoms with E-state index in [1.54, 1.807) is 6.26 Å². The molecule has 0 unspecified atom stereocenters. The number of halogens is 1. The molecule has 152 valence electrons. The van der Waals surface area contributed by atoms with Crippen LogP contribution in [0.2, 0.25) is 5.02 Å². The van der Waals surface area contributed by atoms with E-state index in [1.807, 2.05) is 61.3 Å². The van der Waals surface area contributed by atoms with Gasteiger partial charge in [0.1, 0.15) is 11.8 Å². The molecule has 1 aromatic carbocycles. The number of nitrogens with one attached hydrogen (secondary N) is 1. The van der Waals surface area contributed by atoms with Gasteiger partial charge in [0.15, 0.2) is 5.78 Å². The van der Waals surface area contributed by atoms with Crippen LogP contribution in [-0.4, -0.2) is 15.8 Å². The zero-order chi connectivity index (χ0) is 20.8. The van der Waals surface area contributed by atoms with Crippen molar-refractivity contribution in [1.29, 1.82) is 0 Å². The Balaban J connectivity index is 1.60. The van der Waals surface area contributed by atoms with Crippen LogP contribution in [0.1, 0.15) is 47.5 Å². The number of nitrogens with zero attached hydrogens (tertiary/aromatic N) is 3. The summed E-state index contributed by atoms with van der Waals surface area (Å²) in [6.45, 7) is 3.88. The number of benzene rings is 1. The summed E-state index contributed by atoms with van der Waals surface area (Å²) in [4.78, 5) is 22.6. The van der Waals surface area contributed by atoms with E-state index < -0.39 is 0 Å². The number of carbonyl (C=O) groups excluding carboxylic acids is 1. The van der Waals surface area contributed by atoms with E-state index >= 15 is 0 Å². The van der Waals surface area contributed by atoms with Crippen LogP contribution in [0, 0.1) is 13.8 Å². The van der Waals surface area contributed by atoms with Crippen LogP contribution in [0.5, 0.6) is 0 Å². The fourth-order valence-corrected chi connectivity index (χ4v) is 4.59. The molecule has 0 bridgehead atoms. The third-order valence-corrected chi connectivity index (χ3v) is 5.83. The Bertz CT molecular complexity index is 1140. The Labute approximate surface area is 179 Å². The van der Waals surface area contributed by atoms with Crippen molar-refractivity contribution in [3.8, 4) is 0 Å². The van der Waals surface area contributed by atoms with Crippen LogP contribution in [0.25, 0.3) is 0 Å². The highest BCUT2D eigenvalue weighted by Crippen LogP contribution is 2.45. The van der Waals surface area contributed by atoms with E-state index in [-0.39, 0.29) is 17.7 Å². The molecule has 0 saturated carbocycles. The topological polar surface area (TPSA) is 71.3 Å². The Morgan fingerprint density at radius 3 is 2.60 bits per heavy atom. The second-order valence-electron chi connectivity index (χ2n) is 7.83. The Morgan fingerprint density at radius 2 is 1.90 bits per heavy atom. The molecular formula is C23H21ClN4O2. The van der Waals surface area contributed by atoms with Gasteiger partial charge in [-0.05, 0) is 56.2 Å². The van der Waals surface area contributed by atoms with Gasteiger partial charge < -0.3 is 4.42 Å². The van der Waals surface area contributed by atoms with Crippen molar-refractivity contribution in [2.45, 2.75) is 38.6 Å². The summed E-state index contributed by atoms with van der Waals surface area (Å²) in [5.41, 5.74) is 7.74. The van der Waals surface area contributed by atoms with Crippen molar-refractivity contribution in [3.05, 3.63) is 87.7 Å². The first kappa shape index (κ1) is 18.9. The van der Waals surface area contributed by atoms with Crippen LogP contribution < -0.4 is 10.4 Å². The smallest absolute Gasteiger partial charge is 0.245 e. The first-order chi connectivity index (χ1) is 14.5. The molecule has 1 aliphatic heterocycles. The minimum atomic E-state index is -0.343. The first-order valence-electron chi connectivity index (χ1n) is 9.93. The zero-order valence-electron chi connectivity index (χ0n) is 16.7. The van der Waals surface area contributed by atoms with Crippen LogP contribution in [-0.2, 0) is 4.79 Å². The highest BCUT2D eigenvalue weighted by Gasteiger charge is 2.43. The zero-order valence-corrected chi connectivity index (χ0v) is 17.5. The van der Waals surface area contributed by atoms with E-state index in [1.165, 1.54) is 0 Å². The van der Waals surface area contributed by atoms with Gasteiger partial charge in [0, 0.05) is 40.0 Å². The molecule has 3 heterocycles. The average molecular weight is 421 g/mol. The number of rotatable bonds is 3. The Hall–Kier alpha value is -3.12. The van der Waals surface area contributed by atoms with Gasteiger partial charge in [-0.2, -0.15) is 0 Å². The molecule has 3 aromatic rings. The van der Waals surface area contributed by atoms with Crippen molar-refractivity contribution >= 4 is 23.3 Å². The third-order valence-electron chi connectivity index (χ3n) is 5.59. The lowest BCUT2D eigenvalue weighted by Crippen LogP contribution is -2.36. The van der Waals surface area contributed by atoms with E-state index in [9.17, 15) is 4.79 Å².